The number of hydrogen-bond donors (Lipinski definition) is 1. The molecule has 0 bridgehead atoms. The van der Waals surface area contributed by atoms with E-state index in [1.807, 2.05) is 25.1 Å². The fourth-order valence-corrected chi connectivity index (χ4v) is 3.02. The fourth-order valence-electron chi connectivity index (χ4n) is 3.02. The average Bonchev–Trinajstić information content (AvgIpc) is 2.91. The predicted molar refractivity (Wildman–Crippen MR) is 98.3 cm³/mol. The molecule has 0 radical (unpaired) electrons. The lowest BCUT2D eigenvalue weighted by Gasteiger charge is -2.14. The van der Waals surface area contributed by atoms with Crippen LogP contribution in [0, 0.1) is 0 Å². The number of hydrogen-bond acceptors (Lipinski definition) is 3. The summed E-state index contributed by atoms with van der Waals surface area (Å²) in [5.74, 6) is -1.66. The molecule has 1 aliphatic rings. The van der Waals surface area contributed by atoms with Crippen molar-refractivity contribution in [3.8, 4) is 0 Å². The van der Waals surface area contributed by atoms with Crippen LogP contribution in [0.25, 0.3) is 11.1 Å². The van der Waals surface area contributed by atoms with Crippen molar-refractivity contribution in [1.82, 2.24) is 4.90 Å². The van der Waals surface area contributed by atoms with Gasteiger partial charge in [-0.15, -0.1) is 0 Å². The minimum atomic E-state index is -1.03. The number of carboxylic acids is 1. The van der Waals surface area contributed by atoms with Crippen LogP contribution in [0.15, 0.2) is 54.6 Å². The smallest absolute Gasteiger partial charge is 0.335 e. The Morgan fingerprint density at radius 1 is 0.885 bits per heavy atom. The zero-order valence-electron chi connectivity index (χ0n) is 14.4. The first-order valence-corrected chi connectivity index (χ1v) is 8.54. The van der Waals surface area contributed by atoms with E-state index >= 15 is 0 Å². The third kappa shape index (κ3) is 3.16. The second-order valence-corrected chi connectivity index (χ2v) is 6.11. The maximum atomic E-state index is 13.0. The lowest BCUT2D eigenvalue weighted by molar-refractivity contribution is -0.136. The number of nitrogens with zero attached hydrogens (tertiary/aromatic N) is 1. The number of carbonyl (C=O) groups is 3. The van der Waals surface area contributed by atoms with Crippen LogP contribution >= 0.6 is 0 Å². The highest BCUT2D eigenvalue weighted by Crippen LogP contribution is 2.35. The summed E-state index contributed by atoms with van der Waals surface area (Å²) in [5.41, 5.74) is 2.06. The van der Waals surface area contributed by atoms with Gasteiger partial charge in [0.2, 0.25) is 0 Å². The molecule has 1 aliphatic heterocycles. The van der Waals surface area contributed by atoms with E-state index in [-0.39, 0.29) is 17.4 Å². The second-order valence-electron chi connectivity index (χ2n) is 6.11. The summed E-state index contributed by atoms with van der Waals surface area (Å²) >= 11 is 0. The number of imide groups is 1. The van der Waals surface area contributed by atoms with E-state index in [1.165, 1.54) is 17.0 Å². The summed E-state index contributed by atoms with van der Waals surface area (Å²) in [6.45, 7) is 2.38. The molecule has 1 heterocycles. The van der Waals surface area contributed by atoms with Crippen molar-refractivity contribution in [2.24, 2.45) is 0 Å². The van der Waals surface area contributed by atoms with Crippen molar-refractivity contribution in [1.29, 1.82) is 0 Å². The molecule has 26 heavy (non-hydrogen) atoms. The van der Waals surface area contributed by atoms with Gasteiger partial charge in [-0.2, -0.15) is 0 Å². The van der Waals surface area contributed by atoms with Crippen LogP contribution in [-0.2, 0) is 9.59 Å². The Morgan fingerprint density at radius 2 is 1.42 bits per heavy atom. The maximum Gasteiger partial charge on any atom is 0.335 e. The van der Waals surface area contributed by atoms with E-state index in [0.717, 1.165) is 12.8 Å². The monoisotopic (exact) mass is 349 g/mol. The molecule has 5 nitrogen and oxygen atoms in total. The van der Waals surface area contributed by atoms with Crippen LogP contribution in [0.3, 0.4) is 0 Å². The Labute approximate surface area is 151 Å². The van der Waals surface area contributed by atoms with Crippen molar-refractivity contribution in [2.45, 2.75) is 19.8 Å². The van der Waals surface area contributed by atoms with Crippen molar-refractivity contribution in [3.05, 3.63) is 71.3 Å². The van der Waals surface area contributed by atoms with E-state index in [9.17, 15) is 14.4 Å². The normalized spacial score (nSPS) is 14.3. The van der Waals surface area contributed by atoms with E-state index in [2.05, 4.69) is 0 Å². The van der Waals surface area contributed by atoms with Crippen LogP contribution in [-0.4, -0.2) is 34.3 Å². The van der Waals surface area contributed by atoms with Gasteiger partial charge in [0.15, 0.2) is 0 Å². The molecule has 3 rings (SSSR count). The molecular formula is C21H19NO4. The van der Waals surface area contributed by atoms with E-state index in [0.29, 0.717) is 28.8 Å². The highest BCUT2D eigenvalue weighted by atomic mass is 16.4. The minimum Gasteiger partial charge on any atom is -0.478 e. The van der Waals surface area contributed by atoms with Gasteiger partial charge in [-0.1, -0.05) is 55.8 Å². The number of carbonyl (C=O) groups excluding carboxylic acids is 2. The lowest BCUT2D eigenvalue weighted by atomic mass is 9.96. The molecule has 0 spiro atoms. The van der Waals surface area contributed by atoms with Gasteiger partial charge in [-0.3, -0.25) is 14.5 Å². The molecule has 132 valence electrons. The fraction of sp³-hybridized carbons (Fsp3) is 0.190. The van der Waals surface area contributed by atoms with Gasteiger partial charge >= 0.3 is 5.97 Å². The Hall–Kier alpha value is -3.21. The first-order valence-electron chi connectivity index (χ1n) is 8.54. The standard InChI is InChI=1S/C21H19NO4/c1-2-3-13-22-19(23)17(14-7-5-4-6-8-14)18(20(22)24)15-9-11-16(12-10-15)21(25)26/h4-12H,2-3,13H2,1H3,(H,25,26). The Bertz CT molecular complexity index is 882. The molecule has 0 unspecified atom stereocenters. The van der Waals surface area contributed by atoms with Crippen LogP contribution in [0.5, 0.6) is 0 Å². The summed E-state index contributed by atoms with van der Waals surface area (Å²) in [6.07, 6.45) is 1.62. The number of rotatable bonds is 6. The molecule has 2 aromatic carbocycles. The molecule has 0 fully saturated rings. The lowest BCUT2D eigenvalue weighted by Crippen LogP contribution is -2.32. The third-order valence-electron chi connectivity index (χ3n) is 4.39. The van der Waals surface area contributed by atoms with Crippen LogP contribution in [0.4, 0.5) is 0 Å². The number of amides is 2. The van der Waals surface area contributed by atoms with E-state index < -0.39 is 5.97 Å². The largest absolute Gasteiger partial charge is 0.478 e. The molecule has 0 saturated carbocycles. The first-order chi connectivity index (χ1) is 12.5. The van der Waals surface area contributed by atoms with Crippen LogP contribution in [0.2, 0.25) is 0 Å². The molecule has 0 saturated heterocycles. The molecule has 0 atom stereocenters. The first kappa shape index (κ1) is 17.6. The third-order valence-corrected chi connectivity index (χ3v) is 4.39. The molecule has 0 aromatic heterocycles. The predicted octanol–water partition coefficient (Wildman–Crippen LogP) is 3.46. The minimum absolute atomic E-state index is 0.134. The quantitative estimate of drug-likeness (QED) is 0.811. The number of benzene rings is 2. The summed E-state index contributed by atoms with van der Waals surface area (Å²) < 4.78 is 0. The van der Waals surface area contributed by atoms with Crippen molar-refractivity contribution in [3.63, 3.8) is 0 Å². The second kappa shape index (κ2) is 7.35. The topological polar surface area (TPSA) is 74.7 Å². The van der Waals surface area contributed by atoms with Gasteiger partial charge in [0.05, 0.1) is 16.7 Å². The molecule has 2 aromatic rings. The summed E-state index contributed by atoms with van der Waals surface area (Å²) in [6, 6.07) is 15.1. The average molecular weight is 349 g/mol. The summed E-state index contributed by atoms with van der Waals surface area (Å²) in [5, 5.41) is 9.06. The Balaban J connectivity index is 2.11. The summed E-state index contributed by atoms with van der Waals surface area (Å²) in [4.78, 5) is 38.2. The van der Waals surface area contributed by atoms with Crippen LogP contribution in [0.1, 0.15) is 41.3 Å². The van der Waals surface area contributed by atoms with Crippen molar-refractivity contribution in [2.75, 3.05) is 6.54 Å². The maximum absolute atomic E-state index is 13.0. The highest BCUT2D eigenvalue weighted by Gasteiger charge is 2.38. The summed E-state index contributed by atoms with van der Waals surface area (Å²) in [7, 11) is 0. The van der Waals surface area contributed by atoms with Gasteiger partial charge < -0.3 is 5.11 Å². The molecule has 0 aliphatic carbocycles. The zero-order chi connectivity index (χ0) is 18.7. The molecule has 2 amide bonds. The molecule has 5 heteroatoms. The van der Waals surface area contributed by atoms with Crippen LogP contribution < -0.4 is 0 Å². The van der Waals surface area contributed by atoms with Gasteiger partial charge in [0.1, 0.15) is 0 Å². The number of carboxylic acid groups (broad SMARTS) is 1. The highest BCUT2D eigenvalue weighted by molar-refractivity contribution is 6.49. The molecular weight excluding hydrogens is 330 g/mol. The Morgan fingerprint density at radius 3 is 1.92 bits per heavy atom. The van der Waals surface area contributed by atoms with Gasteiger partial charge in [0, 0.05) is 6.54 Å². The zero-order valence-corrected chi connectivity index (χ0v) is 14.4. The van der Waals surface area contributed by atoms with Gasteiger partial charge in [0.25, 0.3) is 11.8 Å². The van der Waals surface area contributed by atoms with E-state index in [4.69, 9.17) is 5.11 Å². The van der Waals surface area contributed by atoms with Gasteiger partial charge in [-0.05, 0) is 29.7 Å². The van der Waals surface area contributed by atoms with Crippen molar-refractivity contribution < 1.29 is 19.5 Å². The number of unbranched alkanes of at least 4 members (excludes halogenated alkanes) is 1. The van der Waals surface area contributed by atoms with E-state index in [1.54, 1.807) is 24.3 Å². The van der Waals surface area contributed by atoms with Crippen molar-refractivity contribution >= 4 is 28.9 Å². The number of aromatic carboxylic acids is 1. The SMILES string of the molecule is CCCCN1C(=O)C(c2ccccc2)=C(c2ccc(C(=O)O)cc2)C1=O. The van der Waals surface area contributed by atoms with Gasteiger partial charge in [-0.25, -0.2) is 4.79 Å². The Kier molecular flexibility index (Phi) is 4.98. The molecule has 1 N–H and O–H groups in total.